The summed E-state index contributed by atoms with van der Waals surface area (Å²) in [6.07, 6.45) is 4.63. The van der Waals surface area contributed by atoms with E-state index in [1.165, 1.54) is 4.90 Å². The molecule has 0 saturated carbocycles. The Hall–Kier alpha value is -4.59. The van der Waals surface area contributed by atoms with Crippen LogP contribution in [0.4, 0.5) is 10.5 Å². The number of benzene rings is 3. The van der Waals surface area contributed by atoms with Gasteiger partial charge in [-0.2, -0.15) is 0 Å². The molecule has 1 saturated heterocycles. The van der Waals surface area contributed by atoms with Crippen LogP contribution in [-0.4, -0.2) is 47.4 Å². The van der Waals surface area contributed by atoms with Crippen molar-refractivity contribution in [3.05, 3.63) is 95.2 Å². The van der Waals surface area contributed by atoms with E-state index in [1.54, 1.807) is 36.3 Å². The lowest BCUT2D eigenvalue weighted by Crippen LogP contribution is -2.44. The second-order valence-corrected chi connectivity index (χ2v) is 11.5. The normalized spacial score (nSPS) is 18.5. The number of aromatic amines is 1. The lowest BCUT2D eigenvalue weighted by molar-refractivity contribution is -0.120. The molecule has 0 radical (unpaired) electrons. The minimum Gasteiger partial charge on any atom is -0.497 e. The highest BCUT2D eigenvalue weighted by molar-refractivity contribution is 6.24. The van der Waals surface area contributed by atoms with Crippen LogP contribution in [-0.2, 0) is 11.2 Å². The zero-order chi connectivity index (χ0) is 30.1. The molecule has 3 heterocycles. The number of para-hydroxylation sites is 2. The van der Waals surface area contributed by atoms with Crippen LogP contribution in [0.5, 0.6) is 5.75 Å². The Morgan fingerprint density at radius 2 is 1.84 bits per heavy atom. The first kappa shape index (κ1) is 28.5. The van der Waals surface area contributed by atoms with E-state index in [0.717, 1.165) is 53.4 Å². The van der Waals surface area contributed by atoms with E-state index in [9.17, 15) is 14.4 Å². The number of nitrogens with zero attached hydrogens (tertiary/aromatic N) is 2. The summed E-state index contributed by atoms with van der Waals surface area (Å²) < 4.78 is 5.52. The Morgan fingerprint density at radius 1 is 1.05 bits per heavy atom. The van der Waals surface area contributed by atoms with E-state index in [4.69, 9.17) is 4.74 Å². The molecule has 43 heavy (non-hydrogen) atoms. The number of H-pyrrole nitrogens is 1. The van der Waals surface area contributed by atoms with E-state index < -0.39 is 18.1 Å². The number of ether oxygens (including phenoxy) is 1. The van der Waals surface area contributed by atoms with E-state index in [2.05, 4.69) is 24.1 Å². The molecule has 0 spiro atoms. The molecule has 0 unspecified atom stereocenters. The summed E-state index contributed by atoms with van der Waals surface area (Å²) in [5, 5.41) is 4.11. The van der Waals surface area contributed by atoms with Crippen molar-refractivity contribution in [2.24, 2.45) is 5.92 Å². The van der Waals surface area contributed by atoms with Crippen molar-refractivity contribution in [1.82, 2.24) is 15.2 Å². The maximum atomic E-state index is 14.4. The number of carbonyl (C=O) groups is 3. The summed E-state index contributed by atoms with van der Waals surface area (Å²) in [6.45, 7) is 4.85. The molecular weight excluding hydrogens is 540 g/mol. The second-order valence-electron chi connectivity index (χ2n) is 11.5. The summed E-state index contributed by atoms with van der Waals surface area (Å²) >= 11 is 0. The standard InChI is InChI=1S/C35H38N4O4/c1-4-6-12-22(5-2)21-36-33(40)26-16-8-10-18-29(26)39-34(41)30-20-27-25-15-7-9-17-28(25)37-31(27)32(38(30)35(39)42)23-13-11-14-24(19-23)43-3/h7-11,13-19,22,30,32,37H,4-6,12,20-21H2,1-3H3,(H,36,40)/t22-,30-,32-/m0/s1. The first-order valence-corrected chi connectivity index (χ1v) is 15.2. The van der Waals surface area contributed by atoms with Gasteiger partial charge in [0.1, 0.15) is 17.8 Å². The van der Waals surface area contributed by atoms with E-state index >= 15 is 0 Å². The van der Waals surface area contributed by atoms with Gasteiger partial charge in [0.2, 0.25) is 0 Å². The van der Waals surface area contributed by atoms with Gasteiger partial charge in [-0.1, -0.05) is 75.6 Å². The van der Waals surface area contributed by atoms with Gasteiger partial charge in [0.15, 0.2) is 0 Å². The number of hydrogen-bond acceptors (Lipinski definition) is 4. The van der Waals surface area contributed by atoms with Crippen LogP contribution < -0.4 is 15.0 Å². The van der Waals surface area contributed by atoms with Gasteiger partial charge < -0.3 is 15.0 Å². The molecule has 4 aromatic rings. The number of unbranched alkanes of at least 4 members (excludes halogenated alkanes) is 1. The zero-order valence-electron chi connectivity index (χ0n) is 24.9. The van der Waals surface area contributed by atoms with E-state index in [0.29, 0.717) is 35.9 Å². The second kappa shape index (κ2) is 12.0. The van der Waals surface area contributed by atoms with E-state index in [1.807, 2.05) is 48.5 Å². The predicted octanol–water partition coefficient (Wildman–Crippen LogP) is 6.61. The first-order valence-electron chi connectivity index (χ1n) is 15.2. The van der Waals surface area contributed by atoms with Gasteiger partial charge in [0, 0.05) is 29.6 Å². The van der Waals surface area contributed by atoms with Gasteiger partial charge >= 0.3 is 6.03 Å². The highest BCUT2D eigenvalue weighted by atomic mass is 16.5. The third kappa shape index (κ3) is 5.05. The lowest BCUT2D eigenvalue weighted by Gasteiger charge is -2.36. The van der Waals surface area contributed by atoms with Gasteiger partial charge in [0.25, 0.3) is 11.8 Å². The third-order valence-electron chi connectivity index (χ3n) is 8.94. The number of carbonyl (C=O) groups excluding carboxylic acids is 3. The average molecular weight is 579 g/mol. The number of urea groups is 1. The topological polar surface area (TPSA) is 94.7 Å². The third-order valence-corrected chi connectivity index (χ3v) is 8.94. The van der Waals surface area contributed by atoms with Crippen LogP contribution in [0.15, 0.2) is 72.8 Å². The molecular formula is C35H38N4O4. The number of amides is 4. The number of nitrogens with one attached hydrogen (secondary N) is 2. The number of hydrogen-bond donors (Lipinski definition) is 2. The van der Waals surface area contributed by atoms with Crippen molar-refractivity contribution < 1.29 is 19.1 Å². The fraction of sp³-hybridized carbons (Fsp3) is 0.343. The van der Waals surface area contributed by atoms with Crippen molar-refractivity contribution in [2.45, 2.75) is 58.0 Å². The molecule has 0 bridgehead atoms. The monoisotopic (exact) mass is 578 g/mol. The molecule has 3 atom stereocenters. The fourth-order valence-electron chi connectivity index (χ4n) is 6.59. The van der Waals surface area contributed by atoms with Crippen LogP contribution in [0, 0.1) is 5.92 Å². The number of imide groups is 1. The molecule has 2 aliphatic heterocycles. The van der Waals surface area contributed by atoms with Crippen molar-refractivity contribution in [3.8, 4) is 5.75 Å². The molecule has 1 aromatic heterocycles. The minimum absolute atomic E-state index is 0.281. The molecule has 4 amide bonds. The fourth-order valence-corrected chi connectivity index (χ4v) is 6.59. The SMILES string of the molecule is CCCC[C@H](CC)CNC(=O)c1ccccc1N1C(=O)[C@@H]2Cc3c([nH]c4ccccc34)[C@H](c3cccc(OC)c3)N2C1=O. The molecule has 6 rings (SSSR count). The molecule has 8 nitrogen and oxygen atoms in total. The Balaban J connectivity index is 1.38. The Bertz CT molecular complexity index is 1680. The predicted molar refractivity (Wildman–Crippen MR) is 167 cm³/mol. The number of rotatable bonds is 10. The van der Waals surface area contributed by atoms with Gasteiger partial charge in [-0.3, -0.25) is 14.5 Å². The average Bonchev–Trinajstić information content (AvgIpc) is 3.53. The Labute approximate surface area is 252 Å². The molecule has 8 heteroatoms. The largest absolute Gasteiger partial charge is 0.497 e. The number of anilines is 1. The summed E-state index contributed by atoms with van der Waals surface area (Å²) in [4.78, 5) is 48.5. The Kier molecular flexibility index (Phi) is 7.93. The van der Waals surface area contributed by atoms with Gasteiger partial charge in [-0.25, -0.2) is 9.69 Å². The van der Waals surface area contributed by atoms with Crippen LogP contribution in [0.3, 0.4) is 0 Å². The summed E-state index contributed by atoms with van der Waals surface area (Å²) in [6, 6.07) is 20.8. The smallest absolute Gasteiger partial charge is 0.332 e. The first-order chi connectivity index (χ1) is 21.0. The number of methoxy groups -OCH3 is 1. The molecule has 1 fully saturated rings. The van der Waals surface area contributed by atoms with E-state index in [-0.39, 0.29) is 11.8 Å². The molecule has 0 aliphatic carbocycles. The summed E-state index contributed by atoms with van der Waals surface area (Å²) in [7, 11) is 1.61. The summed E-state index contributed by atoms with van der Waals surface area (Å²) in [5.74, 6) is 0.436. The highest BCUT2D eigenvalue weighted by Gasteiger charge is 2.53. The highest BCUT2D eigenvalue weighted by Crippen LogP contribution is 2.45. The van der Waals surface area contributed by atoms with Crippen molar-refractivity contribution >= 4 is 34.4 Å². The van der Waals surface area contributed by atoms with Crippen molar-refractivity contribution in [2.75, 3.05) is 18.6 Å². The van der Waals surface area contributed by atoms with Crippen LogP contribution in [0.1, 0.15) is 72.8 Å². The van der Waals surface area contributed by atoms with Gasteiger partial charge in [-0.05, 0) is 53.8 Å². The quantitative estimate of drug-likeness (QED) is 0.207. The van der Waals surface area contributed by atoms with Gasteiger partial charge in [0.05, 0.1) is 18.4 Å². The van der Waals surface area contributed by atoms with Crippen molar-refractivity contribution in [1.29, 1.82) is 0 Å². The van der Waals surface area contributed by atoms with Crippen LogP contribution >= 0.6 is 0 Å². The molecule has 222 valence electrons. The Morgan fingerprint density at radius 3 is 2.63 bits per heavy atom. The van der Waals surface area contributed by atoms with Crippen LogP contribution in [0.2, 0.25) is 0 Å². The maximum Gasteiger partial charge on any atom is 0.332 e. The maximum absolute atomic E-state index is 14.4. The minimum atomic E-state index is -0.718. The van der Waals surface area contributed by atoms with Gasteiger partial charge in [-0.15, -0.1) is 0 Å². The molecule has 2 N–H and O–H groups in total. The van der Waals surface area contributed by atoms with Crippen molar-refractivity contribution in [3.63, 3.8) is 0 Å². The lowest BCUT2D eigenvalue weighted by atomic mass is 9.89. The zero-order valence-corrected chi connectivity index (χ0v) is 24.9. The number of fused-ring (bicyclic) bond motifs is 4. The number of aromatic nitrogens is 1. The molecule has 2 aliphatic rings. The summed E-state index contributed by atoms with van der Waals surface area (Å²) in [5.41, 5.74) is 4.34. The van der Waals surface area contributed by atoms with Crippen LogP contribution in [0.25, 0.3) is 10.9 Å². The molecule has 3 aromatic carbocycles.